The van der Waals surface area contributed by atoms with Crippen molar-refractivity contribution in [2.24, 2.45) is 5.92 Å². The zero-order chi connectivity index (χ0) is 20.9. The Morgan fingerprint density at radius 1 is 1.03 bits per heavy atom. The van der Waals surface area contributed by atoms with Crippen molar-refractivity contribution in [1.29, 1.82) is 0 Å². The molecule has 29 heavy (non-hydrogen) atoms. The van der Waals surface area contributed by atoms with Crippen molar-refractivity contribution >= 4 is 27.5 Å². The topological polar surface area (TPSA) is 95.6 Å². The second kappa shape index (κ2) is 9.61. The lowest BCUT2D eigenvalue weighted by atomic mass is 9.93. The monoisotopic (exact) mass is 421 g/mol. The molecule has 1 saturated carbocycles. The molecule has 3 rings (SSSR count). The van der Waals surface area contributed by atoms with Gasteiger partial charge in [0, 0.05) is 30.4 Å². The third kappa shape index (κ3) is 5.95. The Morgan fingerprint density at radius 3 is 2.38 bits per heavy atom. The summed E-state index contributed by atoms with van der Waals surface area (Å²) in [7, 11) is -3.35. The lowest BCUT2D eigenvalue weighted by molar-refractivity contribution is -0.127. The van der Waals surface area contributed by atoms with E-state index in [1.54, 1.807) is 36.1 Å². The molecule has 7 nitrogen and oxygen atoms in total. The number of carbonyl (C=O) groups excluding carboxylic acids is 2. The fourth-order valence-electron chi connectivity index (χ4n) is 4.06. The Labute approximate surface area is 173 Å². The molecule has 160 valence electrons. The molecular formula is C21H31N3O4S. The first kappa shape index (κ1) is 21.6. The highest BCUT2D eigenvalue weighted by atomic mass is 32.2. The second-order valence-electron chi connectivity index (χ2n) is 8.02. The van der Waals surface area contributed by atoms with Crippen molar-refractivity contribution in [1.82, 2.24) is 10.2 Å². The van der Waals surface area contributed by atoms with Gasteiger partial charge in [-0.15, -0.1) is 0 Å². The van der Waals surface area contributed by atoms with Crippen LogP contribution in [0.4, 0.5) is 5.69 Å². The molecule has 2 amide bonds. The number of nitrogens with one attached hydrogen (secondary N) is 2. The number of sulfonamides is 1. The van der Waals surface area contributed by atoms with Gasteiger partial charge in [-0.25, -0.2) is 8.42 Å². The molecule has 2 aliphatic rings. The van der Waals surface area contributed by atoms with E-state index in [1.807, 2.05) is 0 Å². The van der Waals surface area contributed by atoms with Crippen molar-refractivity contribution in [2.75, 3.05) is 23.6 Å². The van der Waals surface area contributed by atoms with Crippen LogP contribution in [0, 0.1) is 5.92 Å². The minimum Gasteiger partial charge on any atom is -0.353 e. The maximum absolute atomic E-state index is 12.9. The second-order valence-corrected chi connectivity index (χ2v) is 10.0. The average molecular weight is 422 g/mol. The van der Waals surface area contributed by atoms with Gasteiger partial charge in [-0.1, -0.05) is 19.3 Å². The molecule has 0 spiro atoms. The molecule has 2 fully saturated rings. The van der Waals surface area contributed by atoms with E-state index in [9.17, 15) is 18.0 Å². The zero-order valence-electron chi connectivity index (χ0n) is 17.0. The standard InChI is InChI=1S/C21H31N3O4S/c1-2-29(27,28)23-19-12-10-16(11-13-19)21(26)24-14-6-7-17(15-24)20(25)22-18-8-4-3-5-9-18/h10-13,17-18,23H,2-9,14-15H2,1H3,(H,22,25). The number of benzene rings is 1. The summed E-state index contributed by atoms with van der Waals surface area (Å²) in [4.78, 5) is 27.3. The summed E-state index contributed by atoms with van der Waals surface area (Å²) in [6, 6.07) is 6.72. The minimum absolute atomic E-state index is 0.00817. The molecule has 1 heterocycles. The Bertz CT molecular complexity index is 817. The number of rotatable bonds is 6. The van der Waals surface area contributed by atoms with Crippen LogP contribution >= 0.6 is 0 Å². The van der Waals surface area contributed by atoms with Gasteiger partial charge in [0.2, 0.25) is 15.9 Å². The summed E-state index contributed by atoms with van der Waals surface area (Å²) < 4.78 is 25.8. The van der Waals surface area contributed by atoms with Crippen LogP contribution in [-0.2, 0) is 14.8 Å². The highest BCUT2D eigenvalue weighted by molar-refractivity contribution is 7.92. The van der Waals surface area contributed by atoms with Crippen LogP contribution < -0.4 is 10.0 Å². The van der Waals surface area contributed by atoms with Crippen LogP contribution in [-0.4, -0.2) is 50.0 Å². The van der Waals surface area contributed by atoms with E-state index in [2.05, 4.69) is 10.0 Å². The fraction of sp³-hybridized carbons (Fsp3) is 0.619. The first-order valence-corrected chi connectivity index (χ1v) is 12.2. The first-order valence-electron chi connectivity index (χ1n) is 10.6. The van der Waals surface area contributed by atoms with Gasteiger partial charge in [-0.2, -0.15) is 0 Å². The SMILES string of the molecule is CCS(=O)(=O)Nc1ccc(C(=O)N2CCCC(C(=O)NC3CCCCC3)C2)cc1. The van der Waals surface area contributed by atoms with Crippen LogP contribution in [0.5, 0.6) is 0 Å². The van der Waals surface area contributed by atoms with Gasteiger partial charge < -0.3 is 10.2 Å². The molecule has 1 unspecified atom stereocenters. The third-order valence-electron chi connectivity index (χ3n) is 5.82. The molecule has 1 aromatic carbocycles. The molecule has 1 aliphatic carbocycles. The van der Waals surface area contributed by atoms with Gasteiger partial charge in [-0.05, 0) is 56.9 Å². The first-order chi connectivity index (χ1) is 13.9. The van der Waals surface area contributed by atoms with Crippen molar-refractivity contribution in [3.05, 3.63) is 29.8 Å². The molecule has 1 aromatic rings. The highest BCUT2D eigenvalue weighted by Crippen LogP contribution is 2.22. The molecule has 1 saturated heterocycles. The zero-order valence-corrected chi connectivity index (χ0v) is 17.8. The van der Waals surface area contributed by atoms with E-state index in [-0.39, 0.29) is 29.5 Å². The molecule has 0 radical (unpaired) electrons. The molecular weight excluding hydrogens is 390 g/mol. The molecule has 0 bridgehead atoms. The molecule has 1 atom stereocenters. The Morgan fingerprint density at radius 2 is 1.72 bits per heavy atom. The van der Waals surface area contributed by atoms with E-state index < -0.39 is 10.0 Å². The summed E-state index contributed by atoms with van der Waals surface area (Å²) in [5.41, 5.74) is 0.935. The largest absolute Gasteiger partial charge is 0.353 e. The Hall–Kier alpha value is -2.09. The normalized spacial score (nSPS) is 20.9. The van der Waals surface area contributed by atoms with Gasteiger partial charge in [-0.3, -0.25) is 14.3 Å². The van der Waals surface area contributed by atoms with Crippen LogP contribution in [0.2, 0.25) is 0 Å². The van der Waals surface area contributed by atoms with Gasteiger partial charge >= 0.3 is 0 Å². The van der Waals surface area contributed by atoms with E-state index >= 15 is 0 Å². The number of anilines is 1. The lowest BCUT2D eigenvalue weighted by Crippen LogP contribution is -2.47. The predicted molar refractivity (Wildman–Crippen MR) is 113 cm³/mol. The Kier molecular flexibility index (Phi) is 7.16. The van der Waals surface area contributed by atoms with E-state index in [0.717, 1.165) is 25.7 Å². The smallest absolute Gasteiger partial charge is 0.253 e. The summed E-state index contributed by atoms with van der Waals surface area (Å²) in [5, 5.41) is 3.18. The fourth-order valence-corrected chi connectivity index (χ4v) is 4.70. The molecule has 8 heteroatoms. The maximum Gasteiger partial charge on any atom is 0.253 e. The molecule has 1 aliphatic heterocycles. The third-order valence-corrected chi connectivity index (χ3v) is 7.12. The quantitative estimate of drug-likeness (QED) is 0.738. The van der Waals surface area contributed by atoms with Crippen LogP contribution in [0.1, 0.15) is 62.2 Å². The highest BCUT2D eigenvalue weighted by Gasteiger charge is 2.30. The van der Waals surface area contributed by atoms with Gasteiger partial charge in [0.05, 0.1) is 11.7 Å². The van der Waals surface area contributed by atoms with Gasteiger partial charge in [0.1, 0.15) is 0 Å². The number of piperidine rings is 1. The molecule has 0 aromatic heterocycles. The van der Waals surface area contributed by atoms with Crippen LogP contribution in [0.15, 0.2) is 24.3 Å². The van der Waals surface area contributed by atoms with Crippen molar-refractivity contribution in [3.8, 4) is 0 Å². The summed E-state index contributed by atoms with van der Waals surface area (Å²) in [6.07, 6.45) is 7.31. The van der Waals surface area contributed by atoms with Gasteiger partial charge in [0.15, 0.2) is 0 Å². The predicted octanol–water partition coefficient (Wildman–Crippen LogP) is 2.75. The minimum atomic E-state index is -3.35. The summed E-state index contributed by atoms with van der Waals surface area (Å²) >= 11 is 0. The number of hydrogen-bond acceptors (Lipinski definition) is 4. The maximum atomic E-state index is 12.9. The van der Waals surface area contributed by atoms with Crippen molar-refractivity contribution in [3.63, 3.8) is 0 Å². The van der Waals surface area contributed by atoms with E-state index in [0.29, 0.717) is 24.3 Å². The lowest BCUT2D eigenvalue weighted by Gasteiger charge is -2.33. The number of carbonyl (C=O) groups is 2. The average Bonchev–Trinajstić information content (AvgIpc) is 2.74. The number of likely N-dealkylation sites (tertiary alicyclic amines) is 1. The van der Waals surface area contributed by atoms with Crippen molar-refractivity contribution in [2.45, 2.75) is 57.9 Å². The number of amides is 2. The van der Waals surface area contributed by atoms with Gasteiger partial charge in [0.25, 0.3) is 5.91 Å². The summed E-state index contributed by atoms with van der Waals surface area (Å²) in [5.74, 6) is -0.222. The van der Waals surface area contributed by atoms with E-state index in [4.69, 9.17) is 0 Å². The number of hydrogen-bond donors (Lipinski definition) is 2. The van der Waals surface area contributed by atoms with Crippen molar-refractivity contribution < 1.29 is 18.0 Å². The Balaban J connectivity index is 1.58. The number of nitrogens with zero attached hydrogens (tertiary/aromatic N) is 1. The van der Waals surface area contributed by atoms with Crippen LogP contribution in [0.25, 0.3) is 0 Å². The molecule has 2 N–H and O–H groups in total. The van der Waals surface area contributed by atoms with Crippen LogP contribution in [0.3, 0.4) is 0 Å². The van der Waals surface area contributed by atoms with E-state index in [1.165, 1.54) is 19.3 Å². The summed E-state index contributed by atoms with van der Waals surface area (Å²) in [6.45, 7) is 2.63.